The molecule has 124 valence electrons. The highest BCUT2D eigenvalue weighted by Gasteiger charge is 2.30. The van der Waals surface area contributed by atoms with Gasteiger partial charge in [-0.25, -0.2) is 0 Å². The van der Waals surface area contributed by atoms with Crippen LogP contribution in [0.25, 0.3) is 0 Å². The molecule has 1 aliphatic heterocycles. The van der Waals surface area contributed by atoms with Crippen LogP contribution in [0.2, 0.25) is 0 Å². The summed E-state index contributed by atoms with van der Waals surface area (Å²) in [5.74, 6) is 2.02. The third-order valence-corrected chi connectivity index (χ3v) is 5.43. The van der Waals surface area contributed by atoms with E-state index < -0.39 is 0 Å². The Bertz CT molecular complexity index is 676. The number of rotatable bonds is 5. The summed E-state index contributed by atoms with van der Waals surface area (Å²) in [5.41, 5.74) is 1.35. The Morgan fingerprint density at radius 3 is 2.96 bits per heavy atom. The third kappa shape index (κ3) is 3.51. The molecular weight excluding hydrogens is 308 g/mol. The van der Waals surface area contributed by atoms with Crippen LogP contribution in [-0.2, 0) is 17.8 Å². The summed E-state index contributed by atoms with van der Waals surface area (Å²) in [5, 5.41) is 2.15. The lowest BCUT2D eigenvalue weighted by Gasteiger charge is -2.36. The predicted molar refractivity (Wildman–Crippen MR) is 92.5 cm³/mol. The monoisotopic (exact) mass is 332 g/mol. The fourth-order valence-electron chi connectivity index (χ4n) is 3.35. The second-order valence-electron chi connectivity index (χ2n) is 6.24. The fraction of sp³-hybridized carbons (Fsp3) is 0.500. The Labute approximate surface area is 141 Å². The second kappa shape index (κ2) is 6.89. The van der Waals surface area contributed by atoms with Gasteiger partial charge in [0, 0.05) is 11.4 Å². The Kier molecular flexibility index (Phi) is 4.87. The molecule has 2 aromatic rings. The first kappa shape index (κ1) is 16.3. The lowest BCUT2D eigenvalue weighted by atomic mass is 9.97. The number of carbonyl (C=O) groups excluding carboxylic acids is 1. The van der Waals surface area contributed by atoms with Gasteiger partial charge in [0.15, 0.2) is 0 Å². The van der Waals surface area contributed by atoms with Crippen LogP contribution in [0.5, 0.6) is 0 Å². The number of likely N-dealkylation sites (N-methyl/N-ethyl adjacent to an activating group) is 1. The number of carbonyl (C=O) groups is 1. The molecule has 0 saturated heterocycles. The van der Waals surface area contributed by atoms with Crippen molar-refractivity contribution in [3.8, 4) is 0 Å². The van der Waals surface area contributed by atoms with Crippen LogP contribution in [0.1, 0.15) is 41.3 Å². The summed E-state index contributed by atoms with van der Waals surface area (Å²) in [6.45, 7) is 6.02. The van der Waals surface area contributed by atoms with Crippen molar-refractivity contribution < 1.29 is 9.21 Å². The van der Waals surface area contributed by atoms with E-state index in [0.29, 0.717) is 13.1 Å². The number of nitrogens with zero attached hydrogens (tertiary/aromatic N) is 2. The number of hydrogen-bond acceptors (Lipinski definition) is 4. The predicted octanol–water partition coefficient (Wildman–Crippen LogP) is 3.62. The van der Waals surface area contributed by atoms with Gasteiger partial charge in [-0.1, -0.05) is 6.92 Å². The van der Waals surface area contributed by atoms with E-state index in [4.69, 9.17) is 4.42 Å². The first-order chi connectivity index (χ1) is 11.1. The number of furan rings is 1. The highest BCUT2D eigenvalue weighted by atomic mass is 32.1. The number of hydrogen-bond donors (Lipinski definition) is 0. The Balaban J connectivity index is 1.63. The average molecular weight is 332 g/mol. The molecule has 0 radical (unpaired) electrons. The Morgan fingerprint density at radius 1 is 1.43 bits per heavy atom. The number of aryl methyl sites for hydroxylation is 1. The van der Waals surface area contributed by atoms with Gasteiger partial charge >= 0.3 is 0 Å². The van der Waals surface area contributed by atoms with Gasteiger partial charge in [0.1, 0.15) is 11.5 Å². The SMILES string of the molecule is CCC1c2ccsc2CCN1C(=O)CN(C)Cc1ccc(C)o1. The van der Waals surface area contributed by atoms with Crippen LogP contribution in [0.4, 0.5) is 0 Å². The molecule has 1 unspecified atom stereocenters. The summed E-state index contributed by atoms with van der Waals surface area (Å²) in [4.78, 5) is 18.3. The second-order valence-corrected chi connectivity index (χ2v) is 7.25. The molecule has 0 aliphatic carbocycles. The molecule has 2 aromatic heterocycles. The summed E-state index contributed by atoms with van der Waals surface area (Å²) in [6.07, 6.45) is 1.95. The summed E-state index contributed by atoms with van der Waals surface area (Å²) in [7, 11) is 1.97. The van der Waals surface area contributed by atoms with Gasteiger partial charge in [-0.3, -0.25) is 9.69 Å². The van der Waals surface area contributed by atoms with Gasteiger partial charge in [0.05, 0.1) is 19.1 Å². The van der Waals surface area contributed by atoms with Gasteiger partial charge in [-0.15, -0.1) is 11.3 Å². The first-order valence-corrected chi connectivity index (χ1v) is 9.06. The highest BCUT2D eigenvalue weighted by Crippen LogP contribution is 2.35. The molecule has 0 spiro atoms. The summed E-state index contributed by atoms with van der Waals surface area (Å²) < 4.78 is 5.59. The normalized spacial score (nSPS) is 17.6. The molecule has 0 bridgehead atoms. The van der Waals surface area contributed by atoms with Gasteiger partial charge in [-0.2, -0.15) is 0 Å². The van der Waals surface area contributed by atoms with Crippen molar-refractivity contribution >= 4 is 17.2 Å². The van der Waals surface area contributed by atoms with Gasteiger partial charge in [0.2, 0.25) is 5.91 Å². The van der Waals surface area contributed by atoms with E-state index >= 15 is 0 Å². The van der Waals surface area contributed by atoms with Crippen LogP contribution in [-0.4, -0.2) is 35.8 Å². The largest absolute Gasteiger partial charge is 0.465 e. The van der Waals surface area contributed by atoms with Crippen molar-refractivity contribution in [1.82, 2.24) is 9.80 Å². The number of amides is 1. The van der Waals surface area contributed by atoms with Crippen LogP contribution >= 0.6 is 11.3 Å². The maximum Gasteiger partial charge on any atom is 0.237 e. The molecule has 0 aromatic carbocycles. The molecule has 3 heterocycles. The number of fused-ring (bicyclic) bond motifs is 1. The smallest absolute Gasteiger partial charge is 0.237 e. The van der Waals surface area contributed by atoms with Crippen LogP contribution in [0.3, 0.4) is 0 Å². The molecule has 1 amide bonds. The quantitative estimate of drug-likeness (QED) is 0.839. The Hall–Kier alpha value is -1.59. The summed E-state index contributed by atoms with van der Waals surface area (Å²) >= 11 is 1.82. The third-order valence-electron chi connectivity index (χ3n) is 4.43. The maximum atomic E-state index is 12.8. The van der Waals surface area contributed by atoms with E-state index in [0.717, 1.165) is 30.9 Å². The van der Waals surface area contributed by atoms with Crippen molar-refractivity contribution in [3.63, 3.8) is 0 Å². The molecular formula is C18H24N2O2S. The lowest BCUT2D eigenvalue weighted by Crippen LogP contribution is -2.43. The minimum atomic E-state index is 0.208. The van der Waals surface area contributed by atoms with Crippen molar-refractivity contribution in [2.24, 2.45) is 0 Å². The number of thiophene rings is 1. The van der Waals surface area contributed by atoms with Crippen molar-refractivity contribution in [3.05, 3.63) is 45.5 Å². The molecule has 0 saturated carbocycles. The van der Waals surface area contributed by atoms with E-state index in [-0.39, 0.29) is 11.9 Å². The molecule has 0 N–H and O–H groups in total. The zero-order valence-electron chi connectivity index (χ0n) is 14.0. The average Bonchev–Trinajstić information content (AvgIpc) is 3.14. The van der Waals surface area contributed by atoms with Gasteiger partial charge in [-0.05, 0) is 56.0 Å². The summed E-state index contributed by atoms with van der Waals surface area (Å²) in [6, 6.07) is 6.35. The highest BCUT2D eigenvalue weighted by molar-refractivity contribution is 7.10. The van der Waals surface area contributed by atoms with Gasteiger partial charge in [0.25, 0.3) is 0 Å². The minimum absolute atomic E-state index is 0.208. The molecule has 1 aliphatic rings. The van der Waals surface area contributed by atoms with E-state index in [9.17, 15) is 4.79 Å². The zero-order valence-corrected chi connectivity index (χ0v) is 14.9. The van der Waals surface area contributed by atoms with Crippen LogP contribution in [0, 0.1) is 6.92 Å². The van der Waals surface area contributed by atoms with Gasteiger partial charge < -0.3 is 9.32 Å². The molecule has 3 rings (SSSR count). The molecule has 0 fully saturated rings. The molecule has 1 atom stereocenters. The van der Waals surface area contributed by atoms with E-state index in [1.165, 1.54) is 10.4 Å². The fourth-order valence-corrected chi connectivity index (χ4v) is 4.28. The van der Waals surface area contributed by atoms with Crippen molar-refractivity contribution in [1.29, 1.82) is 0 Å². The molecule has 4 nitrogen and oxygen atoms in total. The standard InChI is InChI=1S/C18H24N2O2S/c1-4-16-15-8-10-23-17(15)7-9-20(16)18(21)12-19(3)11-14-6-5-13(2)22-14/h5-6,8,10,16H,4,7,9,11-12H2,1-3H3. The van der Waals surface area contributed by atoms with Crippen molar-refractivity contribution in [2.45, 2.75) is 39.3 Å². The lowest BCUT2D eigenvalue weighted by molar-refractivity contribution is -0.135. The minimum Gasteiger partial charge on any atom is -0.465 e. The van der Waals surface area contributed by atoms with Crippen LogP contribution in [0.15, 0.2) is 28.0 Å². The Morgan fingerprint density at radius 2 is 2.26 bits per heavy atom. The maximum absolute atomic E-state index is 12.8. The van der Waals surface area contributed by atoms with Crippen LogP contribution < -0.4 is 0 Å². The van der Waals surface area contributed by atoms with Crippen molar-refractivity contribution in [2.75, 3.05) is 20.1 Å². The van der Waals surface area contributed by atoms with E-state index in [1.807, 2.05) is 42.3 Å². The van der Waals surface area contributed by atoms with E-state index in [2.05, 4.69) is 23.3 Å². The first-order valence-electron chi connectivity index (χ1n) is 8.18. The van der Waals surface area contributed by atoms with E-state index in [1.54, 1.807) is 0 Å². The molecule has 5 heteroatoms. The zero-order chi connectivity index (χ0) is 16.4. The molecule has 23 heavy (non-hydrogen) atoms. The topological polar surface area (TPSA) is 36.7 Å².